The van der Waals surface area contributed by atoms with Gasteiger partial charge >= 0.3 is 0 Å². The van der Waals surface area contributed by atoms with Crippen LogP contribution in [-0.2, 0) is 14.2 Å². The van der Waals surface area contributed by atoms with E-state index in [0.29, 0.717) is 25.7 Å². The van der Waals surface area contributed by atoms with Crippen LogP contribution in [0.25, 0.3) is 0 Å². The van der Waals surface area contributed by atoms with E-state index in [1.807, 2.05) is 13.8 Å². The summed E-state index contributed by atoms with van der Waals surface area (Å²) in [6, 6.07) is 0. The van der Waals surface area contributed by atoms with Gasteiger partial charge in [-0.15, -0.1) is 0 Å². The first-order chi connectivity index (χ1) is 9.80. The van der Waals surface area contributed by atoms with Crippen LogP contribution in [0, 0.1) is 5.92 Å². The molecular weight excluding hydrogens is 266 g/mol. The number of methoxy groups -OCH3 is 1. The molecule has 0 aromatic rings. The molecule has 0 rings (SSSR count). The summed E-state index contributed by atoms with van der Waals surface area (Å²) in [6.45, 7) is 15.3. The maximum atomic E-state index is 6.00. The van der Waals surface area contributed by atoms with Crippen LogP contribution in [0.3, 0.4) is 0 Å². The minimum absolute atomic E-state index is 0.209. The van der Waals surface area contributed by atoms with Crippen LogP contribution in [0.15, 0.2) is 4.99 Å². The van der Waals surface area contributed by atoms with Crippen molar-refractivity contribution >= 4 is 5.71 Å². The van der Waals surface area contributed by atoms with Gasteiger partial charge in [0.15, 0.2) is 0 Å². The summed E-state index contributed by atoms with van der Waals surface area (Å²) in [5, 5.41) is 0. The largest absolute Gasteiger partial charge is 0.379 e. The molecule has 0 saturated carbocycles. The minimum atomic E-state index is -0.209. The van der Waals surface area contributed by atoms with Gasteiger partial charge in [-0.3, -0.25) is 4.99 Å². The fourth-order valence-corrected chi connectivity index (χ4v) is 1.60. The predicted octanol–water partition coefficient (Wildman–Crippen LogP) is 3.73. The standard InChI is InChI=1S/C17H35NO3/c1-8-15(4)11-18-16(12-19-7)13-21-17(5,6)9-10-20-14(2)3/h14-15H,8-13H2,1-7H3. The monoisotopic (exact) mass is 301 g/mol. The molecule has 0 bridgehead atoms. The molecule has 0 amide bonds. The maximum absolute atomic E-state index is 6.00. The Morgan fingerprint density at radius 3 is 2.33 bits per heavy atom. The molecule has 0 aromatic heterocycles. The van der Waals surface area contributed by atoms with Crippen molar-refractivity contribution in [2.45, 2.75) is 66.1 Å². The summed E-state index contributed by atoms with van der Waals surface area (Å²) in [5.41, 5.74) is 0.774. The van der Waals surface area contributed by atoms with Gasteiger partial charge in [0.25, 0.3) is 0 Å². The quantitative estimate of drug-likeness (QED) is 0.516. The third kappa shape index (κ3) is 11.8. The third-order valence-electron chi connectivity index (χ3n) is 3.42. The second-order valence-corrected chi connectivity index (χ2v) is 6.57. The van der Waals surface area contributed by atoms with Gasteiger partial charge in [0, 0.05) is 20.3 Å². The number of rotatable bonds is 12. The highest BCUT2D eigenvalue weighted by molar-refractivity contribution is 5.87. The molecule has 4 heteroatoms. The van der Waals surface area contributed by atoms with Crippen LogP contribution in [-0.4, -0.2) is 50.9 Å². The van der Waals surface area contributed by atoms with Gasteiger partial charge < -0.3 is 14.2 Å². The number of nitrogens with zero attached hydrogens (tertiary/aromatic N) is 1. The average molecular weight is 301 g/mol. The second-order valence-electron chi connectivity index (χ2n) is 6.57. The molecule has 1 atom stereocenters. The van der Waals surface area contributed by atoms with E-state index in [2.05, 4.69) is 32.7 Å². The number of aliphatic imine (C=N–C) groups is 1. The van der Waals surface area contributed by atoms with Crippen molar-refractivity contribution < 1.29 is 14.2 Å². The third-order valence-corrected chi connectivity index (χ3v) is 3.42. The molecule has 21 heavy (non-hydrogen) atoms. The van der Waals surface area contributed by atoms with Crippen LogP contribution >= 0.6 is 0 Å². The van der Waals surface area contributed by atoms with E-state index in [9.17, 15) is 0 Å². The molecule has 0 aliphatic carbocycles. The topological polar surface area (TPSA) is 40.0 Å². The van der Waals surface area contributed by atoms with Crippen molar-refractivity contribution in [1.29, 1.82) is 0 Å². The second kappa shape index (κ2) is 11.2. The lowest BCUT2D eigenvalue weighted by Crippen LogP contribution is -2.31. The number of ether oxygens (including phenoxy) is 3. The first-order valence-corrected chi connectivity index (χ1v) is 8.07. The Kier molecular flexibility index (Phi) is 10.9. The Bertz CT molecular complexity index is 288. The van der Waals surface area contributed by atoms with E-state index in [1.165, 1.54) is 0 Å². The highest BCUT2D eigenvalue weighted by Gasteiger charge is 2.19. The molecule has 4 nitrogen and oxygen atoms in total. The molecule has 0 aliphatic rings. The molecule has 0 fully saturated rings. The summed E-state index contributed by atoms with van der Waals surface area (Å²) in [7, 11) is 1.69. The highest BCUT2D eigenvalue weighted by atomic mass is 16.5. The smallest absolute Gasteiger partial charge is 0.0875 e. The summed E-state index contributed by atoms with van der Waals surface area (Å²) in [6.07, 6.45) is 2.28. The van der Waals surface area contributed by atoms with E-state index in [-0.39, 0.29) is 11.7 Å². The molecule has 126 valence electrons. The Morgan fingerprint density at radius 1 is 1.14 bits per heavy atom. The summed E-state index contributed by atoms with van der Waals surface area (Å²) < 4.78 is 16.8. The lowest BCUT2D eigenvalue weighted by atomic mass is 10.1. The maximum Gasteiger partial charge on any atom is 0.0875 e. The summed E-state index contributed by atoms with van der Waals surface area (Å²) in [5.74, 6) is 0.601. The van der Waals surface area contributed by atoms with Crippen molar-refractivity contribution in [2.24, 2.45) is 10.9 Å². The van der Waals surface area contributed by atoms with Crippen molar-refractivity contribution in [2.75, 3.05) is 33.5 Å². The minimum Gasteiger partial charge on any atom is -0.379 e. The zero-order chi connectivity index (χ0) is 16.3. The molecule has 0 spiro atoms. The van der Waals surface area contributed by atoms with Gasteiger partial charge in [-0.25, -0.2) is 0 Å². The lowest BCUT2D eigenvalue weighted by Gasteiger charge is -2.26. The summed E-state index contributed by atoms with van der Waals surface area (Å²) >= 11 is 0. The van der Waals surface area contributed by atoms with Gasteiger partial charge in [-0.05, 0) is 40.0 Å². The molecule has 0 N–H and O–H groups in total. The van der Waals surface area contributed by atoms with Gasteiger partial charge in [0.1, 0.15) is 0 Å². The molecule has 0 saturated heterocycles. The van der Waals surface area contributed by atoms with Gasteiger partial charge in [0.05, 0.1) is 30.6 Å². The first kappa shape index (κ1) is 20.6. The zero-order valence-corrected chi connectivity index (χ0v) is 15.1. The van der Waals surface area contributed by atoms with Crippen molar-refractivity contribution in [3.05, 3.63) is 0 Å². The van der Waals surface area contributed by atoms with Crippen molar-refractivity contribution in [3.63, 3.8) is 0 Å². The number of hydrogen-bond donors (Lipinski definition) is 0. The molecular formula is C17H35NO3. The van der Waals surface area contributed by atoms with Crippen LogP contribution in [0.4, 0.5) is 0 Å². The predicted molar refractivity (Wildman–Crippen MR) is 89.4 cm³/mol. The fraction of sp³-hybridized carbons (Fsp3) is 0.941. The Balaban J connectivity index is 4.25. The molecule has 0 heterocycles. The molecule has 0 radical (unpaired) electrons. The van der Waals surface area contributed by atoms with E-state index in [4.69, 9.17) is 14.2 Å². The average Bonchev–Trinajstić information content (AvgIpc) is 2.40. The fourth-order valence-electron chi connectivity index (χ4n) is 1.60. The Morgan fingerprint density at radius 2 is 1.81 bits per heavy atom. The number of hydrogen-bond acceptors (Lipinski definition) is 4. The molecule has 1 unspecified atom stereocenters. The van der Waals surface area contributed by atoms with Crippen LogP contribution < -0.4 is 0 Å². The molecule has 0 aliphatic heterocycles. The zero-order valence-electron chi connectivity index (χ0n) is 15.1. The van der Waals surface area contributed by atoms with Gasteiger partial charge in [0.2, 0.25) is 0 Å². The van der Waals surface area contributed by atoms with Crippen LogP contribution in [0.1, 0.15) is 54.4 Å². The van der Waals surface area contributed by atoms with Crippen LogP contribution in [0.2, 0.25) is 0 Å². The summed E-state index contributed by atoms with van der Waals surface area (Å²) in [4.78, 5) is 4.63. The van der Waals surface area contributed by atoms with Crippen molar-refractivity contribution in [1.82, 2.24) is 0 Å². The van der Waals surface area contributed by atoms with E-state index < -0.39 is 0 Å². The van der Waals surface area contributed by atoms with Crippen molar-refractivity contribution in [3.8, 4) is 0 Å². The highest BCUT2D eigenvalue weighted by Crippen LogP contribution is 2.15. The van der Waals surface area contributed by atoms with E-state index in [1.54, 1.807) is 7.11 Å². The van der Waals surface area contributed by atoms with Gasteiger partial charge in [-0.1, -0.05) is 20.3 Å². The van der Waals surface area contributed by atoms with E-state index in [0.717, 1.165) is 25.1 Å². The Hall–Kier alpha value is -0.450. The lowest BCUT2D eigenvalue weighted by molar-refractivity contribution is -0.0325. The molecule has 0 aromatic carbocycles. The van der Waals surface area contributed by atoms with Gasteiger partial charge in [-0.2, -0.15) is 0 Å². The van der Waals surface area contributed by atoms with E-state index >= 15 is 0 Å². The normalized spacial score (nSPS) is 14.8. The Labute approximate surface area is 131 Å². The first-order valence-electron chi connectivity index (χ1n) is 8.07. The van der Waals surface area contributed by atoms with Crippen LogP contribution in [0.5, 0.6) is 0 Å². The SMILES string of the molecule is CCC(C)CN=C(COC)COC(C)(C)CCOC(C)C.